The Kier molecular flexibility index (Phi) is 8.78. The number of hydrogen-bond donors (Lipinski definition) is 0. The van der Waals surface area contributed by atoms with Crippen LogP contribution in [0.15, 0.2) is 100 Å². The first kappa shape index (κ1) is 32.6. The zero-order valence-corrected chi connectivity index (χ0v) is 33.0. The van der Waals surface area contributed by atoms with Crippen LogP contribution in [0.2, 0.25) is 41.8 Å². The van der Waals surface area contributed by atoms with E-state index in [0.29, 0.717) is 17.7 Å². The van der Waals surface area contributed by atoms with Crippen LogP contribution < -0.4 is 10.7 Å². The molecule has 5 heteroatoms. The molecule has 1 fully saturated rings. The maximum atomic E-state index is 14.8. The molecule has 0 aliphatic heterocycles. The maximum absolute atomic E-state index is 14.8. The Labute approximate surface area is 267 Å². The number of hydrogen-bond acceptors (Lipinski definition) is 2. The molecule has 0 N–H and O–H groups in total. The molecule has 2 aliphatic carbocycles. The Balaban J connectivity index is 1.90. The molecule has 3 atom stereocenters. The number of carbonyl (C=O) groups is 1. The quantitative estimate of drug-likeness (QED) is 0.231. The van der Waals surface area contributed by atoms with Gasteiger partial charge >= 0.3 is 269 Å². The van der Waals surface area contributed by atoms with Crippen molar-refractivity contribution in [2.75, 3.05) is 0 Å². The molecule has 0 unspecified atom stereocenters. The van der Waals surface area contributed by atoms with Gasteiger partial charge in [0.15, 0.2) is 0 Å². The van der Waals surface area contributed by atoms with Crippen LogP contribution in [0, 0.1) is 5.92 Å². The van der Waals surface area contributed by atoms with Crippen molar-refractivity contribution in [2.45, 2.75) is 102 Å². The second-order valence-electron chi connectivity index (χ2n) is 16.1. The second kappa shape index (κ2) is 11.6. The summed E-state index contributed by atoms with van der Waals surface area (Å²) in [5.74, 6) is 0.661. The Morgan fingerprint density at radius 1 is 0.674 bits per heavy atom. The van der Waals surface area contributed by atoms with E-state index in [1.165, 1.54) is 19.9 Å². The fourth-order valence-electron chi connectivity index (χ4n) is 7.32. The number of benzene rings is 3. The fourth-order valence-corrected chi connectivity index (χ4v) is 26.7. The van der Waals surface area contributed by atoms with Crippen LogP contribution in [0.3, 0.4) is 0 Å². The molecule has 0 amide bonds. The minimum atomic E-state index is -4.10. The summed E-state index contributed by atoms with van der Waals surface area (Å²) in [6, 6.07) is 33.2. The average Bonchev–Trinajstić information content (AvgIpc) is 3.45. The topological polar surface area (TPSA) is 26.3 Å². The Morgan fingerprint density at radius 3 is 1.47 bits per heavy atom. The number of carbonyl (C=O) groups excluding carboxylic acids is 1. The molecule has 1 saturated carbocycles. The van der Waals surface area contributed by atoms with Crippen LogP contribution >= 0.6 is 0 Å². The average molecular weight is 716 g/mol. The Hall–Kier alpha value is -1.74. The van der Waals surface area contributed by atoms with Gasteiger partial charge in [0.05, 0.1) is 0 Å². The summed E-state index contributed by atoms with van der Waals surface area (Å²) < 4.78 is 12.9. The molecule has 0 aromatic heterocycles. The van der Waals surface area contributed by atoms with Gasteiger partial charge in [-0.15, -0.1) is 0 Å². The van der Waals surface area contributed by atoms with E-state index in [2.05, 4.69) is 159 Å². The van der Waals surface area contributed by atoms with E-state index >= 15 is 0 Å². The molecule has 0 spiro atoms. The van der Waals surface area contributed by atoms with Crippen molar-refractivity contribution in [2.24, 2.45) is 5.92 Å². The number of rotatable bonds is 7. The third-order valence-corrected chi connectivity index (χ3v) is 36.5. The number of fused-ring (bicyclic) bond motifs is 1. The normalized spacial score (nSPS) is 21.8. The summed E-state index contributed by atoms with van der Waals surface area (Å²) in [5, 5.41) is 0.319. The first-order valence-electron chi connectivity index (χ1n) is 16.2. The van der Waals surface area contributed by atoms with Gasteiger partial charge in [-0.1, -0.05) is 0 Å². The Morgan fingerprint density at radius 2 is 1.09 bits per heavy atom. The van der Waals surface area contributed by atoms with Crippen LogP contribution in [0.4, 0.5) is 0 Å². The molecule has 43 heavy (non-hydrogen) atoms. The molecular formula is C38H52O2Si2Sn. The zero-order chi connectivity index (χ0) is 31.4. The third-order valence-electron chi connectivity index (χ3n) is 11.7. The number of Topliss-reactive ketones (excluding diaryl/α,β-unsaturated/α-hetero) is 1. The van der Waals surface area contributed by atoms with Crippen molar-refractivity contribution in [3.63, 3.8) is 0 Å². The van der Waals surface area contributed by atoms with Gasteiger partial charge in [-0.2, -0.15) is 0 Å². The van der Waals surface area contributed by atoms with E-state index in [-0.39, 0.29) is 22.1 Å². The fraction of sp³-hybridized carbons (Fsp3) is 0.447. The Bertz CT molecular complexity index is 1380. The molecule has 0 heterocycles. The third kappa shape index (κ3) is 5.53. The van der Waals surface area contributed by atoms with E-state index in [4.69, 9.17) is 4.43 Å². The predicted molar refractivity (Wildman–Crippen MR) is 192 cm³/mol. The van der Waals surface area contributed by atoms with Crippen molar-refractivity contribution < 1.29 is 9.22 Å². The van der Waals surface area contributed by atoms with E-state index < -0.39 is 34.8 Å². The van der Waals surface area contributed by atoms with Gasteiger partial charge in [-0.05, 0) is 0 Å². The van der Waals surface area contributed by atoms with Crippen molar-refractivity contribution in [1.82, 2.24) is 0 Å². The van der Waals surface area contributed by atoms with Crippen LogP contribution in [0.1, 0.15) is 54.4 Å². The molecule has 2 aliphatic rings. The van der Waals surface area contributed by atoms with Crippen molar-refractivity contribution in [3.8, 4) is 0 Å². The molecule has 3 aromatic rings. The summed E-state index contributed by atoms with van der Waals surface area (Å²) in [5.41, 5.74) is 1.88. The minimum absolute atomic E-state index is 0.0143. The standard InChI is InChI=1S/C20H37O2Si2.3C6H5.Sn/c1-19(2,3)23(7,8)17-12-14-11-15(21)13-16(14)18(17)22-24(9,10)20(4,5)6;3*1-2-4-6-5-3-1;/h14,17-18H,11-12H2,1-10H3;3*1-5H;/t14-,17+,18+;;;;/m0..../s1. The van der Waals surface area contributed by atoms with E-state index in [9.17, 15) is 4.79 Å². The van der Waals surface area contributed by atoms with Gasteiger partial charge in [0.25, 0.3) is 0 Å². The molecular weight excluding hydrogens is 663 g/mol. The van der Waals surface area contributed by atoms with Gasteiger partial charge in [-0.3, -0.25) is 0 Å². The summed E-state index contributed by atoms with van der Waals surface area (Å²) in [6.07, 6.45) is 1.74. The van der Waals surface area contributed by atoms with Gasteiger partial charge in [0.2, 0.25) is 0 Å². The van der Waals surface area contributed by atoms with Gasteiger partial charge in [-0.25, -0.2) is 0 Å². The van der Waals surface area contributed by atoms with Gasteiger partial charge < -0.3 is 0 Å². The predicted octanol–water partition coefficient (Wildman–Crippen LogP) is 8.25. The molecule has 0 radical (unpaired) electrons. The van der Waals surface area contributed by atoms with Crippen LogP contribution in [0.25, 0.3) is 0 Å². The second-order valence-corrected chi connectivity index (χ2v) is 37.2. The molecule has 2 nitrogen and oxygen atoms in total. The summed E-state index contributed by atoms with van der Waals surface area (Å²) in [4.78, 5) is 14.8. The summed E-state index contributed by atoms with van der Waals surface area (Å²) in [7, 11) is -3.99. The zero-order valence-electron chi connectivity index (χ0n) is 28.1. The van der Waals surface area contributed by atoms with E-state index in [1.807, 2.05) is 0 Å². The molecule has 0 bridgehead atoms. The van der Waals surface area contributed by atoms with Crippen LogP contribution in [0.5, 0.6) is 0 Å². The summed E-state index contributed by atoms with van der Waals surface area (Å²) >= 11 is -4.10. The van der Waals surface area contributed by atoms with Crippen molar-refractivity contribution in [1.29, 1.82) is 0 Å². The molecule has 3 aromatic carbocycles. The van der Waals surface area contributed by atoms with Gasteiger partial charge in [0.1, 0.15) is 0 Å². The van der Waals surface area contributed by atoms with Crippen molar-refractivity contribution in [3.05, 3.63) is 100 Å². The van der Waals surface area contributed by atoms with Crippen molar-refractivity contribution >= 4 is 51.3 Å². The molecule has 5 rings (SSSR count). The van der Waals surface area contributed by atoms with E-state index in [0.717, 1.165) is 6.42 Å². The van der Waals surface area contributed by atoms with Crippen LogP contribution in [-0.2, 0) is 9.22 Å². The van der Waals surface area contributed by atoms with Crippen LogP contribution in [-0.4, -0.2) is 46.7 Å². The summed E-state index contributed by atoms with van der Waals surface area (Å²) in [6.45, 7) is 24.4. The first-order valence-corrected chi connectivity index (χ1v) is 27.8. The SMILES string of the molecule is CC(C)(C)[Si](C)(C)O[C@@H]1C2=[C]([Sn]([c]3ccccc3)([c]3ccccc3)[c]3ccccc3)C(=O)C[C@H]2C[C@H]1[Si](C)(C)C(C)(C)C. The number of ketones is 1. The molecule has 0 saturated heterocycles. The monoisotopic (exact) mass is 716 g/mol. The first-order chi connectivity index (χ1) is 20.0. The number of allylic oxidation sites excluding steroid dienone is 1. The van der Waals surface area contributed by atoms with Gasteiger partial charge in [0, 0.05) is 0 Å². The molecule has 228 valence electrons. The van der Waals surface area contributed by atoms with E-state index in [1.54, 1.807) is 0 Å².